The molecule has 1 unspecified atom stereocenters. The van der Waals surface area contributed by atoms with Crippen LogP contribution in [0.25, 0.3) is 0 Å². The second-order valence-corrected chi connectivity index (χ2v) is 3.00. The summed E-state index contributed by atoms with van der Waals surface area (Å²) >= 11 is 0. The first-order valence-corrected chi connectivity index (χ1v) is 4.49. The van der Waals surface area contributed by atoms with Crippen molar-refractivity contribution in [1.29, 1.82) is 0 Å². The van der Waals surface area contributed by atoms with Crippen LogP contribution in [0.3, 0.4) is 0 Å². The maximum Gasteiger partial charge on any atom is 0.283 e. The molecular weight excluding hydrogens is 196 g/mol. The zero-order valence-corrected chi connectivity index (χ0v) is 8.12. The van der Waals surface area contributed by atoms with E-state index in [0.29, 0.717) is 0 Å². The van der Waals surface area contributed by atoms with Crippen molar-refractivity contribution in [3.8, 4) is 0 Å². The molecule has 0 spiro atoms. The quantitative estimate of drug-likeness (QED) is 0.454. The molecule has 0 saturated carbocycles. The van der Waals surface area contributed by atoms with Gasteiger partial charge in [-0.2, -0.15) is 0 Å². The molecular formula is C10H10N2O3. The first-order valence-electron chi connectivity index (χ1n) is 4.49. The van der Waals surface area contributed by atoms with Crippen molar-refractivity contribution in [3.05, 3.63) is 35.9 Å². The molecule has 0 amide bonds. The molecule has 1 aromatic carbocycles. The van der Waals surface area contributed by atoms with E-state index in [1.54, 1.807) is 19.1 Å². The molecule has 0 bridgehead atoms. The molecule has 5 nitrogen and oxygen atoms in total. The summed E-state index contributed by atoms with van der Waals surface area (Å²) in [6.45, 7) is 1.70. The molecule has 0 aliphatic carbocycles. The highest BCUT2D eigenvalue weighted by Crippen LogP contribution is 2.11. The lowest BCUT2D eigenvalue weighted by molar-refractivity contribution is -0.0313. The Bertz CT molecular complexity index is 400. The Labute approximate surface area is 86.6 Å². The lowest BCUT2D eigenvalue weighted by Gasteiger charge is -2.04. The van der Waals surface area contributed by atoms with E-state index in [1.807, 2.05) is 18.2 Å². The van der Waals surface area contributed by atoms with Gasteiger partial charge in [0.2, 0.25) is 0 Å². The van der Waals surface area contributed by atoms with Crippen LogP contribution < -0.4 is 0 Å². The minimum absolute atomic E-state index is 0.191. The smallest absolute Gasteiger partial charge is 0.283 e. The normalized spacial score (nSPS) is 20.5. The number of rotatable bonds is 2. The van der Waals surface area contributed by atoms with Crippen molar-refractivity contribution in [2.45, 2.75) is 13.2 Å². The fourth-order valence-corrected chi connectivity index (χ4v) is 1.24. The van der Waals surface area contributed by atoms with Crippen LogP contribution in [-0.4, -0.2) is 23.1 Å². The van der Waals surface area contributed by atoms with Gasteiger partial charge >= 0.3 is 0 Å². The molecule has 1 N–H and O–H groups in total. The Morgan fingerprint density at radius 3 is 2.67 bits per heavy atom. The van der Waals surface area contributed by atoms with Crippen LogP contribution in [0.4, 0.5) is 0 Å². The van der Waals surface area contributed by atoms with Crippen LogP contribution in [0, 0.1) is 0 Å². The zero-order chi connectivity index (χ0) is 10.7. The van der Waals surface area contributed by atoms with Gasteiger partial charge in [-0.15, -0.1) is 0 Å². The van der Waals surface area contributed by atoms with Crippen LogP contribution in [0.5, 0.6) is 0 Å². The third-order valence-electron chi connectivity index (χ3n) is 1.91. The van der Waals surface area contributed by atoms with Crippen molar-refractivity contribution in [2.75, 3.05) is 0 Å². The number of benzene rings is 1. The first-order chi connectivity index (χ1) is 7.31. The van der Waals surface area contributed by atoms with E-state index in [-0.39, 0.29) is 11.6 Å². The SMILES string of the molecule is CC1ON=C(C(=NO)c2ccccc2)O1. The summed E-state index contributed by atoms with van der Waals surface area (Å²) in [5.74, 6) is 0.191. The highest BCUT2D eigenvalue weighted by atomic mass is 16.8. The van der Waals surface area contributed by atoms with E-state index in [1.165, 1.54) is 0 Å². The molecule has 15 heavy (non-hydrogen) atoms. The van der Waals surface area contributed by atoms with Crippen molar-refractivity contribution in [1.82, 2.24) is 0 Å². The van der Waals surface area contributed by atoms with Crippen LogP contribution in [0.15, 0.2) is 40.6 Å². The molecule has 78 valence electrons. The monoisotopic (exact) mass is 206 g/mol. The van der Waals surface area contributed by atoms with Gasteiger partial charge in [0.1, 0.15) is 0 Å². The van der Waals surface area contributed by atoms with Crippen molar-refractivity contribution in [2.24, 2.45) is 10.3 Å². The predicted molar refractivity (Wildman–Crippen MR) is 53.8 cm³/mol. The summed E-state index contributed by atoms with van der Waals surface area (Å²) in [5.41, 5.74) is 0.983. The van der Waals surface area contributed by atoms with Gasteiger partial charge < -0.3 is 14.8 Å². The molecule has 0 radical (unpaired) electrons. The molecule has 1 atom stereocenters. The average Bonchev–Trinajstić information content (AvgIpc) is 2.68. The zero-order valence-electron chi connectivity index (χ0n) is 8.12. The lowest BCUT2D eigenvalue weighted by Crippen LogP contribution is -2.18. The van der Waals surface area contributed by atoms with Gasteiger partial charge in [-0.1, -0.05) is 35.5 Å². The topological polar surface area (TPSA) is 63.4 Å². The van der Waals surface area contributed by atoms with Gasteiger partial charge in [0, 0.05) is 12.5 Å². The van der Waals surface area contributed by atoms with Gasteiger partial charge in [0.25, 0.3) is 12.2 Å². The van der Waals surface area contributed by atoms with Crippen molar-refractivity contribution < 1.29 is 14.8 Å². The van der Waals surface area contributed by atoms with Gasteiger partial charge in [-0.3, -0.25) is 0 Å². The molecule has 1 heterocycles. The van der Waals surface area contributed by atoms with Gasteiger partial charge in [-0.25, -0.2) is 0 Å². The largest absolute Gasteiger partial charge is 0.432 e. The number of oxime groups is 2. The molecule has 5 heteroatoms. The van der Waals surface area contributed by atoms with Gasteiger partial charge in [-0.05, 0) is 5.16 Å². The number of ether oxygens (including phenoxy) is 1. The minimum Gasteiger partial charge on any atom is -0.432 e. The van der Waals surface area contributed by atoms with Crippen LogP contribution in [0.1, 0.15) is 12.5 Å². The number of hydrogen-bond donors (Lipinski definition) is 1. The second-order valence-electron chi connectivity index (χ2n) is 3.00. The molecule has 0 saturated heterocycles. The lowest BCUT2D eigenvalue weighted by atomic mass is 10.1. The Morgan fingerprint density at radius 2 is 2.13 bits per heavy atom. The van der Waals surface area contributed by atoms with E-state index in [0.717, 1.165) is 5.56 Å². The third kappa shape index (κ3) is 1.90. The van der Waals surface area contributed by atoms with Crippen molar-refractivity contribution in [3.63, 3.8) is 0 Å². The van der Waals surface area contributed by atoms with Crippen LogP contribution in [-0.2, 0) is 9.57 Å². The summed E-state index contributed by atoms with van der Waals surface area (Å²) in [6, 6.07) is 9.13. The number of nitrogens with zero attached hydrogens (tertiary/aromatic N) is 2. The summed E-state index contributed by atoms with van der Waals surface area (Å²) < 4.78 is 5.21. The van der Waals surface area contributed by atoms with E-state index >= 15 is 0 Å². The van der Waals surface area contributed by atoms with E-state index < -0.39 is 6.29 Å². The fourth-order valence-electron chi connectivity index (χ4n) is 1.24. The predicted octanol–water partition coefficient (Wildman–Crippen LogP) is 1.57. The number of hydrogen-bond acceptors (Lipinski definition) is 5. The molecule has 2 rings (SSSR count). The molecule has 0 fully saturated rings. The van der Waals surface area contributed by atoms with E-state index in [2.05, 4.69) is 10.3 Å². The van der Waals surface area contributed by atoms with Gasteiger partial charge in [0.05, 0.1) is 0 Å². The van der Waals surface area contributed by atoms with Crippen LogP contribution >= 0.6 is 0 Å². The Kier molecular flexibility index (Phi) is 2.53. The molecule has 1 aliphatic rings. The minimum atomic E-state index is -0.444. The summed E-state index contributed by atoms with van der Waals surface area (Å²) in [4.78, 5) is 4.84. The van der Waals surface area contributed by atoms with Gasteiger partial charge in [0.15, 0.2) is 5.71 Å². The Balaban J connectivity index is 2.27. The first kappa shape index (κ1) is 9.51. The summed E-state index contributed by atoms with van der Waals surface area (Å²) in [6.07, 6.45) is -0.444. The summed E-state index contributed by atoms with van der Waals surface area (Å²) in [5, 5.41) is 15.7. The maximum atomic E-state index is 8.90. The maximum absolute atomic E-state index is 8.90. The average molecular weight is 206 g/mol. The second kappa shape index (κ2) is 4.00. The standard InChI is InChI=1S/C10H10N2O3/c1-7-14-10(12-15-7)9(11-13)8-5-3-2-4-6-8/h2-7,13H,1H3. The third-order valence-corrected chi connectivity index (χ3v) is 1.91. The van der Waals surface area contributed by atoms with E-state index in [9.17, 15) is 0 Å². The van der Waals surface area contributed by atoms with Crippen LogP contribution in [0.2, 0.25) is 0 Å². The molecule has 0 aromatic heterocycles. The van der Waals surface area contributed by atoms with E-state index in [4.69, 9.17) is 14.8 Å². The Morgan fingerprint density at radius 1 is 1.40 bits per heavy atom. The molecule has 1 aromatic rings. The Hall–Kier alpha value is -2.04. The summed E-state index contributed by atoms with van der Waals surface area (Å²) in [7, 11) is 0. The highest BCUT2D eigenvalue weighted by Gasteiger charge is 2.23. The van der Waals surface area contributed by atoms with Crippen molar-refractivity contribution >= 4 is 11.6 Å². The fraction of sp³-hybridized carbons (Fsp3) is 0.200. The highest BCUT2D eigenvalue weighted by molar-refractivity contribution is 6.45. The molecule has 1 aliphatic heterocycles.